The number of methoxy groups -OCH3 is 2. The summed E-state index contributed by atoms with van der Waals surface area (Å²) in [6.07, 6.45) is 0.0647. The second-order valence-electron chi connectivity index (χ2n) is 4.61. The number of ketones is 1. The maximum absolute atomic E-state index is 12.3. The molecule has 0 unspecified atom stereocenters. The number of hydrogen-bond donors (Lipinski definition) is 0. The lowest BCUT2D eigenvalue weighted by Crippen LogP contribution is -2.27. The zero-order chi connectivity index (χ0) is 14.5. The normalized spacial score (nSPS) is 10.7. The molecule has 0 radical (unpaired) electrons. The number of benzene rings is 1. The van der Waals surface area contributed by atoms with E-state index in [1.165, 1.54) is 14.2 Å². The summed E-state index contributed by atoms with van der Waals surface area (Å²) in [6.45, 7) is 3.69. The molecule has 0 saturated heterocycles. The van der Waals surface area contributed by atoms with E-state index in [4.69, 9.17) is 14.2 Å². The van der Waals surface area contributed by atoms with Crippen molar-refractivity contribution in [2.24, 2.45) is 0 Å². The highest BCUT2D eigenvalue weighted by Gasteiger charge is 2.26. The average Bonchev–Trinajstić information content (AvgIpc) is 2.36. The van der Waals surface area contributed by atoms with Crippen molar-refractivity contribution in [3.05, 3.63) is 23.8 Å². The van der Waals surface area contributed by atoms with Crippen molar-refractivity contribution in [1.82, 2.24) is 0 Å². The highest BCUT2D eigenvalue weighted by atomic mass is 16.5. The van der Waals surface area contributed by atoms with Gasteiger partial charge in [0.05, 0.1) is 26.2 Å². The van der Waals surface area contributed by atoms with Crippen molar-refractivity contribution in [1.29, 1.82) is 0 Å². The third-order valence-electron chi connectivity index (χ3n) is 2.66. The molecule has 0 heterocycles. The summed E-state index contributed by atoms with van der Waals surface area (Å²) in [5.41, 5.74) is -0.447. The van der Waals surface area contributed by atoms with E-state index >= 15 is 0 Å². The molecule has 0 aromatic heterocycles. The van der Waals surface area contributed by atoms with Gasteiger partial charge in [0.25, 0.3) is 6.47 Å². The summed E-state index contributed by atoms with van der Waals surface area (Å²) in [5.74, 6) is 0.696. The van der Waals surface area contributed by atoms with Crippen molar-refractivity contribution in [3.8, 4) is 11.5 Å². The Kier molecular flexibility index (Phi) is 4.92. The number of carbonyl (C=O) groups excluding carboxylic acids is 2. The predicted octanol–water partition coefficient (Wildman–Crippen LogP) is 2.23. The van der Waals surface area contributed by atoms with Crippen LogP contribution >= 0.6 is 0 Å². The first-order valence-corrected chi connectivity index (χ1v) is 5.81. The summed E-state index contributed by atoms with van der Waals surface area (Å²) in [6, 6.07) is 5.07. The first kappa shape index (κ1) is 15.0. The lowest BCUT2D eigenvalue weighted by molar-refractivity contribution is -0.139. The van der Waals surface area contributed by atoms with E-state index in [2.05, 4.69) is 0 Å². The highest BCUT2D eigenvalue weighted by Crippen LogP contribution is 2.32. The molecule has 5 nitrogen and oxygen atoms in total. The van der Waals surface area contributed by atoms with Gasteiger partial charge in [-0.25, -0.2) is 0 Å². The third kappa shape index (κ3) is 3.71. The largest absolute Gasteiger partial charge is 0.493 e. The van der Waals surface area contributed by atoms with Crippen LogP contribution in [-0.2, 0) is 9.53 Å². The molecule has 0 amide bonds. The lowest BCUT2D eigenvalue weighted by Gasteiger charge is -2.22. The van der Waals surface area contributed by atoms with Crippen LogP contribution in [0.4, 0.5) is 0 Å². The molecular weight excluding hydrogens is 248 g/mol. The SMILES string of the molecule is COc1cccc(C(=O)CC(C)(C)OC=O)c1OC. The van der Waals surface area contributed by atoms with Gasteiger partial charge in [0, 0.05) is 0 Å². The molecule has 19 heavy (non-hydrogen) atoms. The topological polar surface area (TPSA) is 61.8 Å². The van der Waals surface area contributed by atoms with E-state index in [1.807, 2.05) is 0 Å². The predicted molar refractivity (Wildman–Crippen MR) is 69.7 cm³/mol. The van der Waals surface area contributed by atoms with Crippen LogP contribution in [0.15, 0.2) is 18.2 Å². The molecular formula is C14H18O5. The van der Waals surface area contributed by atoms with Gasteiger partial charge in [-0.2, -0.15) is 0 Å². The third-order valence-corrected chi connectivity index (χ3v) is 2.66. The molecule has 0 aliphatic rings. The zero-order valence-electron chi connectivity index (χ0n) is 11.6. The Morgan fingerprint density at radius 2 is 1.95 bits per heavy atom. The van der Waals surface area contributed by atoms with Gasteiger partial charge in [0.2, 0.25) is 0 Å². The van der Waals surface area contributed by atoms with Crippen LogP contribution < -0.4 is 9.47 Å². The zero-order valence-corrected chi connectivity index (χ0v) is 11.6. The fourth-order valence-corrected chi connectivity index (χ4v) is 1.76. The molecule has 0 N–H and O–H groups in total. The lowest BCUT2D eigenvalue weighted by atomic mass is 9.96. The molecule has 0 aliphatic heterocycles. The standard InChI is InChI=1S/C14H18O5/c1-14(2,19-9-15)8-11(16)10-6-5-7-12(17-3)13(10)18-4/h5-7,9H,8H2,1-4H3. The summed E-state index contributed by atoms with van der Waals surface area (Å²) in [5, 5.41) is 0. The van der Waals surface area contributed by atoms with Gasteiger partial charge in [-0.3, -0.25) is 9.59 Å². The maximum Gasteiger partial charge on any atom is 0.293 e. The van der Waals surface area contributed by atoms with Gasteiger partial charge in [0.1, 0.15) is 5.60 Å². The minimum absolute atomic E-state index is 0.0647. The summed E-state index contributed by atoms with van der Waals surface area (Å²) >= 11 is 0. The first-order valence-electron chi connectivity index (χ1n) is 5.81. The monoisotopic (exact) mass is 266 g/mol. The molecule has 0 aliphatic carbocycles. The fraction of sp³-hybridized carbons (Fsp3) is 0.429. The molecule has 0 atom stereocenters. The van der Waals surface area contributed by atoms with E-state index in [0.29, 0.717) is 23.5 Å². The van der Waals surface area contributed by atoms with Gasteiger partial charge >= 0.3 is 0 Å². The quantitative estimate of drug-likeness (QED) is 0.559. The smallest absolute Gasteiger partial charge is 0.293 e. The molecule has 104 valence electrons. The van der Waals surface area contributed by atoms with Crippen LogP contribution in [0.1, 0.15) is 30.6 Å². The minimum atomic E-state index is -0.854. The Hall–Kier alpha value is -2.04. The Labute approximate surface area is 112 Å². The van der Waals surface area contributed by atoms with E-state index in [9.17, 15) is 9.59 Å². The summed E-state index contributed by atoms with van der Waals surface area (Å²) in [4.78, 5) is 22.6. The van der Waals surface area contributed by atoms with Gasteiger partial charge in [-0.05, 0) is 26.0 Å². The summed E-state index contributed by atoms with van der Waals surface area (Å²) < 4.78 is 15.2. The number of para-hydroxylation sites is 1. The van der Waals surface area contributed by atoms with E-state index < -0.39 is 5.60 Å². The van der Waals surface area contributed by atoms with E-state index in [-0.39, 0.29) is 12.2 Å². The molecule has 0 saturated carbocycles. The summed E-state index contributed by atoms with van der Waals surface area (Å²) in [7, 11) is 2.98. The van der Waals surface area contributed by atoms with Crippen LogP contribution in [-0.4, -0.2) is 32.1 Å². The van der Waals surface area contributed by atoms with Crippen LogP contribution in [0.2, 0.25) is 0 Å². The van der Waals surface area contributed by atoms with Crippen molar-refractivity contribution < 1.29 is 23.8 Å². The van der Waals surface area contributed by atoms with E-state index in [0.717, 1.165) is 0 Å². The molecule has 0 bridgehead atoms. The van der Waals surface area contributed by atoms with Crippen molar-refractivity contribution in [3.63, 3.8) is 0 Å². The van der Waals surface area contributed by atoms with Gasteiger partial charge in [-0.15, -0.1) is 0 Å². The number of carbonyl (C=O) groups is 2. The van der Waals surface area contributed by atoms with Crippen molar-refractivity contribution in [2.75, 3.05) is 14.2 Å². The first-order chi connectivity index (χ1) is 8.95. The molecule has 1 aromatic rings. The molecule has 5 heteroatoms. The van der Waals surface area contributed by atoms with Crippen molar-refractivity contribution in [2.45, 2.75) is 25.9 Å². The molecule has 1 aromatic carbocycles. The second kappa shape index (κ2) is 6.22. The minimum Gasteiger partial charge on any atom is -0.493 e. The Morgan fingerprint density at radius 3 is 2.47 bits per heavy atom. The average molecular weight is 266 g/mol. The Morgan fingerprint density at radius 1 is 1.26 bits per heavy atom. The van der Waals surface area contributed by atoms with Gasteiger partial charge in [0.15, 0.2) is 17.3 Å². The number of Topliss-reactive ketones (excluding diaryl/α,β-unsaturated/α-hetero) is 1. The number of rotatable bonds is 7. The molecule has 1 rings (SSSR count). The van der Waals surface area contributed by atoms with Gasteiger partial charge < -0.3 is 14.2 Å². The van der Waals surface area contributed by atoms with Crippen LogP contribution in [0.3, 0.4) is 0 Å². The van der Waals surface area contributed by atoms with Gasteiger partial charge in [-0.1, -0.05) is 6.07 Å². The van der Waals surface area contributed by atoms with E-state index in [1.54, 1.807) is 32.0 Å². The maximum atomic E-state index is 12.3. The van der Waals surface area contributed by atoms with Crippen LogP contribution in [0, 0.1) is 0 Å². The number of hydrogen-bond acceptors (Lipinski definition) is 5. The molecule has 0 fully saturated rings. The highest BCUT2D eigenvalue weighted by molar-refractivity contribution is 6.00. The molecule has 0 spiro atoms. The van der Waals surface area contributed by atoms with Crippen molar-refractivity contribution >= 4 is 12.3 Å². The Bertz CT molecular complexity index is 465. The number of ether oxygens (including phenoxy) is 3. The van der Waals surface area contributed by atoms with Crippen LogP contribution in [0.5, 0.6) is 11.5 Å². The Balaban J connectivity index is 3.03. The second-order valence-corrected chi connectivity index (χ2v) is 4.61. The fourth-order valence-electron chi connectivity index (χ4n) is 1.76. The van der Waals surface area contributed by atoms with Crippen LogP contribution in [0.25, 0.3) is 0 Å².